The molecule has 0 aromatic heterocycles. The molecule has 1 radical (unpaired) electrons. The van der Waals surface area contributed by atoms with Crippen LogP contribution in [0.25, 0.3) is 0 Å². The van der Waals surface area contributed by atoms with Crippen molar-refractivity contribution in [2.75, 3.05) is 19.8 Å². The van der Waals surface area contributed by atoms with E-state index < -0.39 is 3.79 Å². The summed E-state index contributed by atoms with van der Waals surface area (Å²) in [5.41, 5.74) is 0. The zero-order valence-electron chi connectivity index (χ0n) is 6.22. The van der Waals surface area contributed by atoms with Gasteiger partial charge in [-0.15, -0.1) is 0 Å². The van der Waals surface area contributed by atoms with Gasteiger partial charge in [0, 0.05) is 13.2 Å². The molecular weight excluding hydrogens is 247 g/mol. The van der Waals surface area contributed by atoms with Gasteiger partial charge in [0.15, 0.2) is 0 Å². The van der Waals surface area contributed by atoms with Crippen LogP contribution in [-0.2, 0) is 14.6 Å². The van der Waals surface area contributed by atoms with E-state index >= 15 is 0 Å². The van der Waals surface area contributed by atoms with Crippen molar-refractivity contribution in [3.8, 4) is 0 Å². The standard InChI is InChI=1S/C6H12IO3/c1-3-9-6(7,5-8)10-4-2/h3-5H2,1-2H3. The van der Waals surface area contributed by atoms with Gasteiger partial charge in [-0.1, -0.05) is 0 Å². The predicted molar refractivity (Wildman–Crippen MR) is 45.6 cm³/mol. The lowest BCUT2D eigenvalue weighted by molar-refractivity contribution is -0.181. The van der Waals surface area contributed by atoms with Crippen molar-refractivity contribution in [2.45, 2.75) is 17.6 Å². The third-order valence-corrected chi connectivity index (χ3v) is 1.83. The molecule has 0 bridgehead atoms. The monoisotopic (exact) mass is 259 g/mol. The Morgan fingerprint density at radius 1 is 1.30 bits per heavy atom. The Bertz CT molecular complexity index is 81.1. The molecule has 10 heavy (non-hydrogen) atoms. The second kappa shape index (κ2) is 5.29. The third-order valence-electron chi connectivity index (χ3n) is 0.892. The molecule has 0 aliphatic heterocycles. The van der Waals surface area contributed by atoms with E-state index in [1.807, 2.05) is 36.4 Å². The van der Waals surface area contributed by atoms with E-state index in [9.17, 15) is 5.11 Å². The minimum atomic E-state index is -0.943. The van der Waals surface area contributed by atoms with Crippen LogP contribution in [0.5, 0.6) is 0 Å². The minimum Gasteiger partial charge on any atom is -0.340 e. The summed E-state index contributed by atoms with van der Waals surface area (Å²) in [6, 6.07) is 0. The Balaban J connectivity index is 3.69. The maximum atomic E-state index is 10.5. The molecule has 0 N–H and O–H groups in total. The average molecular weight is 259 g/mol. The fraction of sp³-hybridized carbons (Fsp3) is 1.00. The highest BCUT2D eigenvalue weighted by atomic mass is 127. The maximum absolute atomic E-state index is 10.5. The van der Waals surface area contributed by atoms with E-state index in [0.717, 1.165) is 0 Å². The molecule has 0 atom stereocenters. The lowest BCUT2D eigenvalue weighted by Crippen LogP contribution is -2.32. The van der Waals surface area contributed by atoms with E-state index in [0.29, 0.717) is 13.2 Å². The van der Waals surface area contributed by atoms with Crippen LogP contribution in [0.15, 0.2) is 0 Å². The predicted octanol–water partition coefficient (Wildman–Crippen LogP) is 1.58. The number of hydrogen-bond acceptors (Lipinski definition) is 2. The molecule has 3 nitrogen and oxygen atoms in total. The second-order valence-electron chi connectivity index (χ2n) is 1.67. The van der Waals surface area contributed by atoms with Gasteiger partial charge in [0.1, 0.15) is 6.61 Å². The first-order valence-electron chi connectivity index (χ1n) is 3.23. The quantitative estimate of drug-likeness (QED) is 0.427. The van der Waals surface area contributed by atoms with E-state index in [1.54, 1.807) is 0 Å². The summed E-state index contributed by atoms with van der Waals surface area (Å²) in [4.78, 5) is 0. The molecule has 0 fully saturated rings. The van der Waals surface area contributed by atoms with Gasteiger partial charge in [0.2, 0.25) is 3.79 Å². The Hall–Kier alpha value is 0.610. The molecule has 0 amide bonds. The molecule has 0 aliphatic carbocycles. The molecule has 0 unspecified atom stereocenters. The molecule has 0 saturated heterocycles. The van der Waals surface area contributed by atoms with Crippen LogP contribution in [0.4, 0.5) is 0 Å². The summed E-state index contributed by atoms with van der Waals surface area (Å²) in [5.74, 6) is 0. The van der Waals surface area contributed by atoms with Gasteiger partial charge in [-0.25, -0.2) is 5.11 Å². The highest BCUT2D eigenvalue weighted by molar-refractivity contribution is 14.1. The largest absolute Gasteiger partial charge is 0.340 e. The highest BCUT2D eigenvalue weighted by Crippen LogP contribution is 2.21. The lowest BCUT2D eigenvalue weighted by Gasteiger charge is -2.23. The zero-order chi connectivity index (χ0) is 8.04. The summed E-state index contributed by atoms with van der Waals surface area (Å²) in [6.07, 6.45) is 0. The van der Waals surface area contributed by atoms with Crippen molar-refractivity contribution in [1.29, 1.82) is 0 Å². The second-order valence-corrected chi connectivity index (χ2v) is 3.31. The van der Waals surface area contributed by atoms with Crippen molar-refractivity contribution in [3.05, 3.63) is 0 Å². The summed E-state index contributed by atoms with van der Waals surface area (Å²) >= 11 is 1.88. The van der Waals surface area contributed by atoms with Crippen LogP contribution in [-0.4, -0.2) is 23.6 Å². The van der Waals surface area contributed by atoms with E-state index in [4.69, 9.17) is 9.47 Å². The van der Waals surface area contributed by atoms with Gasteiger partial charge in [0.05, 0.1) is 0 Å². The van der Waals surface area contributed by atoms with Crippen LogP contribution in [0, 0.1) is 0 Å². The summed E-state index contributed by atoms with van der Waals surface area (Å²) in [6.45, 7) is 4.32. The fourth-order valence-electron chi connectivity index (χ4n) is 0.556. The first kappa shape index (κ1) is 10.6. The van der Waals surface area contributed by atoms with Crippen molar-refractivity contribution >= 4 is 22.6 Å². The smallest absolute Gasteiger partial charge is 0.248 e. The normalized spacial score (nSPS) is 12.0. The first-order chi connectivity index (χ1) is 4.68. The Morgan fingerprint density at radius 2 is 1.70 bits per heavy atom. The number of alkyl halides is 1. The van der Waals surface area contributed by atoms with Gasteiger partial charge in [0.25, 0.3) is 0 Å². The summed E-state index contributed by atoms with van der Waals surface area (Å²) in [7, 11) is 0. The van der Waals surface area contributed by atoms with Crippen LogP contribution >= 0.6 is 22.6 Å². The van der Waals surface area contributed by atoms with E-state index in [-0.39, 0.29) is 6.61 Å². The van der Waals surface area contributed by atoms with Gasteiger partial charge in [-0.3, -0.25) is 0 Å². The molecule has 0 aromatic carbocycles. The van der Waals surface area contributed by atoms with E-state index in [2.05, 4.69) is 0 Å². The van der Waals surface area contributed by atoms with Crippen molar-refractivity contribution < 1.29 is 14.6 Å². The van der Waals surface area contributed by atoms with Gasteiger partial charge < -0.3 is 9.47 Å². The molecule has 0 spiro atoms. The van der Waals surface area contributed by atoms with Crippen LogP contribution in [0.2, 0.25) is 0 Å². The Morgan fingerprint density at radius 3 is 1.90 bits per heavy atom. The van der Waals surface area contributed by atoms with Crippen molar-refractivity contribution in [1.82, 2.24) is 0 Å². The first-order valence-corrected chi connectivity index (χ1v) is 4.31. The molecule has 4 heteroatoms. The molecule has 0 aliphatic rings. The average Bonchev–Trinajstić information content (AvgIpc) is 1.89. The third kappa shape index (κ3) is 3.70. The zero-order valence-corrected chi connectivity index (χ0v) is 8.38. The number of halogens is 1. The fourth-order valence-corrected chi connectivity index (χ4v) is 1.18. The van der Waals surface area contributed by atoms with Gasteiger partial charge >= 0.3 is 0 Å². The number of ether oxygens (including phenoxy) is 2. The minimum absolute atomic E-state index is 0.366. The Labute approximate surface area is 74.8 Å². The topological polar surface area (TPSA) is 38.4 Å². The van der Waals surface area contributed by atoms with Gasteiger partial charge in [-0.05, 0) is 36.4 Å². The molecule has 0 heterocycles. The van der Waals surface area contributed by atoms with Crippen LogP contribution < -0.4 is 0 Å². The van der Waals surface area contributed by atoms with Crippen molar-refractivity contribution in [3.63, 3.8) is 0 Å². The Kier molecular flexibility index (Phi) is 5.61. The molecule has 0 saturated carbocycles. The lowest BCUT2D eigenvalue weighted by atomic mass is 10.6. The molecule has 61 valence electrons. The van der Waals surface area contributed by atoms with Crippen LogP contribution in [0.1, 0.15) is 13.8 Å². The van der Waals surface area contributed by atoms with Crippen molar-refractivity contribution in [2.24, 2.45) is 0 Å². The number of rotatable bonds is 5. The van der Waals surface area contributed by atoms with Gasteiger partial charge in [-0.2, -0.15) is 0 Å². The summed E-state index contributed by atoms with van der Waals surface area (Å²) < 4.78 is 9.20. The summed E-state index contributed by atoms with van der Waals surface area (Å²) in [5, 5.41) is 10.5. The number of hydrogen-bond donors (Lipinski definition) is 0. The highest BCUT2D eigenvalue weighted by Gasteiger charge is 2.26. The SMILES string of the molecule is CCOC(I)(C[O])OCC. The molecular formula is C6H12IO3. The molecule has 0 rings (SSSR count). The van der Waals surface area contributed by atoms with E-state index in [1.165, 1.54) is 0 Å². The maximum Gasteiger partial charge on any atom is 0.248 e. The molecule has 0 aromatic rings. The van der Waals surface area contributed by atoms with Crippen LogP contribution in [0.3, 0.4) is 0 Å².